The van der Waals surface area contributed by atoms with Gasteiger partial charge in [-0.3, -0.25) is 0 Å². The average Bonchev–Trinajstić information content (AvgIpc) is 3.59. The third-order valence-electron chi connectivity index (χ3n) is 15.1. The van der Waals surface area contributed by atoms with E-state index in [1.165, 1.54) is 86.2 Å². The zero-order chi connectivity index (χ0) is 64.3. The molecule has 4 nitrogen and oxygen atoms in total. The highest BCUT2D eigenvalue weighted by atomic mass is 35.5. The first-order chi connectivity index (χ1) is 40.5. The number of thiophene rings is 2. The quantitative estimate of drug-likeness (QED) is 0.152. The molecule has 0 bridgehead atoms. The number of rotatable bonds is 8. The molecule has 0 radical (unpaired) electrons. The van der Waals surface area contributed by atoms with E-state index in [4.69, 9.17) is 21.6 Å². The smallest absolute Gasteiger partial charge is 0.126 e. The Morgan fingerprint density at radius 3 is 1.50 bits per heavy atom. The topological polar surface area (TPSA) is 49.2 Å². The summed E-state index contributed by atoms with van der Waals surface area (Å²) in [5, 5.41) is 16.4. The van der Waals surface area contributed by atoms with Crippen LogP contribution in [0, 0.1) is 65.6 Å². The summed E-state index contributed by atoms with van der Waals surface area (Å²) in [7, 11) is 1.74. The van der Waals surface area contributed by atoms with Crippen LogP contribution in [0.25, 0.3) is 31.9 Å². The number of nitriles is 1. The second-order valence-electron chi connectivity index (χ2n) is 24.5. The number of halogens is 2. The monoisotopic (exact) mass is 1230 g/mol. The predicted molar refractivity (Wildman–Crippen MR) is 381 cm³/mol. The third kappa shape index (κ3) is 20.9. The highest BCUT2D eigenvalue weighted by Crippen LogP contribution is 2.35. The molecular formula is C77H97ClFN3OS3. The number of thiazole rings is 1. The highest BCUT2D eigenvalue weighted by Gasteiger charge is 2.19. The van der Waals surface area contributed by atoms with Gasteiger partial charge in [-0.15, -0.1) is 34.0 Å². The largest absolute Gasteiger partial charge is 0.496 e. The first kappa shape index (κ1) is 72.1. The standard InChI is InChI=1S/C12H14OS.C12H14S.C11H15F.C11H13N.C11H16.C10H13Cl.C10H12N2S/c1-8(2)10-7-12-9(4-5-14-12)6-11(10)13-3;1-8(2)11-7-10-4-5-13-12(10)6-9(11)3;1-7(2)10-6-11(12)9(4)5-8(10)3;1-8(2)11-5-4-10(7-12)6-9(11)3;1-8(2)11-6-5-9(3)7-10(11)4;1-7(2)10-5-4-9(11)6-8(10)3;1-7(2)12-5-4-9-10(8(12)3)13-6-11-9/h4-8H,1-3H3;4-8H,1-3H3;5-7H,1-4H3;4-6,8H,1-3H3;5-8H,1-4H3;4-7H,1-3H3;4-7H,3H2,1-2H3. The van der Waals surface area contributed by atoms with Crippen LogP contribution in [0.5, 0.6) is 5.75 Å². The van der Waals surface area contributed by atoms with Crippen LogP contribution >= 0.6 is 45.6 Å². The third-order valence-corrected chi connectivity index (χ3v) is 18.0. The van der Waals surface area contributed by atoms with E-state index in [2.05, 4.69) is 232 Å². The van der Waals surface area contributed by atoms with E-state index < -0.39 is 0 Å². The lowest BCUT2D eigenvalue weighted by Gasteiger charge is -2.28. The van der Waals surface area contributed by atoms with Crippen molar-refractivity contribution in [1.82, 2.24) is 9.88 Å². The lowest BCUT2D eigenvalue weighted by atomic mass is 9.96. The molecule has 9 aromatic rings. The molecule has 0 spiro atoms. The molecule has 0 N–H and O–H groups in total. The Morgan fingerprint density at radius 1 is 0.523 bits per heavy atom. The minimum Gasteiger partial charge on any atom is -0.496 e. The number of aromatic nitrogens is 1. The number of hydrogen-bond donors (Lipinski definition) is 0. The maximum absolute atomic E-state index is 13.1. The Hall–Kier alpha value is -6.34. The average molecular weight is 1230 g/mol. The molecule has 1 aliphatic rings. The van der Waals surface area contributed by atoms with Crippen molar-refractivity contribution < 1.29 is 9.13 Å². The number of hydrogen-bond acceptors (Lipinski definition) is 7. The summed E-state index contributed by atoms with van der Waals surface area (Å²) in [4.78, 5) is 7.60. The van der Waals surface area contributed by atoms with Crippen LogP contribution in [-0.4, -0.2) is 23.0 Å². The van der Waals surface area contributed by atoms with Crippen molar-refractivity contribution in [1.29, 1.82) is 5.26 Å². The van der Waals surface area contributed by atoms with Gasteiger partial charge in [-0.2, -0.15) is 5.26 Å². The Kier molecular flexibility index (Phi) is 28.7. The summed E-state index contributed by atoms with van der Waals surface area (Å²) in [6.07, 6.45) is 4.09. The van der Waals surface area contributed by atoms with Crippen LogP contribution in [0.3, 0.4) is 0 Å². The van der Waals surface area contributed by atoms with E-state index in [1.807, 2.05) is 66.2 Å². The molecule has 458 valence electrons. The molecule has 4 heterocycles. The van der Waals surface area contributed by atoms with Crippen molar-refractivity contribution in [3.8, 4) is 11.8 Å². The van der Waals surface area contributed by atoms with Gasteiger partial charge in [0.1, 0.15) is 11.6 Å². The molecule has 0 aliphatic carbocycles. The van der Waals surface area contributed by atoms with Gasteiger partial charge in [0.05, 0.1) is 40.5 Å². The fourth-order valence-corrected chi connectivity index (χ4v) is 13.1. The maximum atomic E-state index is 13.1. The van der Waals surface area contributed by atoms with Gasteiger partial charge >= 0.3 is 0 Å². The maximum Gasteiger partial charge on any atom is 0.126 e. The van der Waals surface area contributed by atoms with Crippen LogP contribution in [-0.2, 0) is 0 Å². The summed E-state index contributed by atoms with van der Waals surface area (Å²) in [5.74, 6) is 4.23. The zero-order valence-electron chi connectivity index (χ0n) is 55.7. The van der Waals surface area contributed by atoms with E-state index in [9.17, 15) is 4.39 Å². The SMILES string of the molecule is C=C1c2scnc2C=CN1C(C)C.COc1cc2ccsc2cc1C(C)C.Cc1cc(C#N)ccc1C(C)C.Cc1cc(C)c(C(C)C)cc1F.Cc1cc(Cl)ccc1C(C)C.Cc1cc2sccc2cc1C(C)C.Cc1ccc(C(C)C)c(C)c1. The van der Waals surface area contributed by atoms with Gasteiger partial charge in [0.15, 0.2) is 0 Å². The van der Waals surface area contributed by atoms with Crippen molar-refractivity contribution in [2.75, 3.05) is 7.11 Å². The Morgan fingerprint density at radius 2 is 1.00 bits per heavy atom. The second kappa shape index (κ2) is 34.3. The van der Waals surface area contributed by atoms with Crippen LogP contribution in [0.4, 0.5) is 4.39 Å². The van der Waals surface area contributed by atoms with Gasteiger partial charge in [-0.1, -0.05) is 143 Å². The van der Waals surface area contributed by atoms with E-state index >= 15 is 0 Å². The highest BCUT2D eigenvalue weighted by molar-refractivity contribution is 7.17. The first-order valence-electron chi connectivity index (χ1n) is 30.2. The molecule has 0 atom stereocenters. The lowest BCUT2D eigenvalue weighted by molar-refractivity contribution is 0.408. The number of nitrogens with zero attached hydrogens (tertiary/aromatic N) is 3. The van der Waals surface area contributed by atoms with Crippen molar-refractivity contribution in [3.63, 3.8) is 0 Å². The molecule has 0 amide bonds. The Balaban J connectivity index is 0.000000215. The van der Waals surface area contributed by atoms with Crippen LogP contribution in [0.2, 0.25) is 5.02 Å². The molecule has 10 rings (SSSR count). The fraction of sp³-hybridized carbons (Fsp3) is 0.377. The van der Waals surface area contributed by atoms with Crippen molar-refractivity contribution in [2.45, 2.75) is 187 Å². The molecule has 0 unspecified atom stereocenters. The number of aryl methyl sites for hydroxylation is 7. The van der Waals surface area contributed by atoms with E-state index in [-0.39, 0.29) is 5.82 Å². The number of methoxy groups -OCH3 is 1. The Bertz CT molecular complexity index is 3640. The molecule has 0 saturated carbocycles. The van der Waals surface area contributed by atoms with Crippen LogP contribution < -0.4 is 4.74 Å². The number of fused-ring (bicyclic) bond motifs is 3. The van der Waals surface area contributed by atoms with Gasteiger partial charge in [0, 0.05) is 26.7 Å². The fourth-order valence-electron chi connectivity index (χ4n) is 10.4. The molecule has 0 fully saturated rings. The zero-order valence-corrected chi connectivity index (χ0v) is 58.9. The summed E-state index contributed by atoms with van der Waals surface area (Å²) >= 11 is 11.1. The van der Waals surface area contributed by atoms with E-state index in [0.29, 0.717) is 41.5 Å². The van der Waals surface area contributed by atoms with E-state index in [1.54, 1.807) is 42.8 Å². The number of benzene rings is 6. The molecular weight excluding hydrogens is 1130 g/mol. The second-order valence-corrected chi connectivity index (χ2v) is 27.7. The summed E-state index contributed by atoms with van der Waals surface area (Å²) in [6, 6.07) is 38.0. The molecule has 1 aliphatic heterocycles. The number of ether oxygens (including phenoxy) is 1. The van der Waals surface area contributed by atoms with Gasteiger partial charge in [-0.05, 0) is 259 Å². The Labute approximate surface area is 535 Å². The normalized spacial score (nSPS) is 11.5. The van der Waals surface area contributed by atoms with Crippen LogP contribution in [0.1, 0.15) is 221 Å². The summed E-state index contributed by atoms with van der Waals surface area (Å²) in [5.41, 5.74) is 21.4. The van der Waals surface area contributed by atoms with Gasteiger partial charge in [-0.25, -0.2) is 9.37 Å². The lowest BCUT2D eigenvalue weighted by Crippen LogP contribution is -2.24. The molecule has 3 aromatic heterocycles. The molecule has 9 heteroatoms. The molecule has 0 saturated heterocycles. The van der Waals surface area contributed by atoms with Crippen LogP contribution in [0.15, 0.2) is 132 Å². The summed E-state index contributed by atoms with van der Waals surface area (Å²) < 4.78 is 21.3. The van der Waals surface area contributed by atoms with E-state index in [0.717, 1.165) is 38.9 Å². The van der Waals surface area contributed by atoms with Gasteiger partial charge in [0.25, 0.3) is 0 Å². The van der Waals surface area contributed by atoms with Crippen molar-refractivity contribution >= 4 is 77.6 Å². The summed E-state index contributed by atoms with van der Waals surface area (Å²) in [6.45, 7) is 49.1. The first-order valence-corrected chi connectivity index (χ1v) is 33.2. The molecule has 86 heavy (non-hydrogen) atoms. The predicted octanol–water partition coefficient (Wildman–Crippen LogP) is 24.9. The minimum absolute atomic E-state index is 0.0932. The van der Waals surface area contributed by atoms with Crippen molar-refractivity contribution in [3.05, 3.63) is 231 Å². The van der Waals surface area contributed by atoms with Gasteiger partial charge < -0.3 is 9.64 Å². The minimum atomic E-state index is -0.0932. The van der Waals surface area contributed by atoms with Gasteiger partial charge in [0.2, 0.25) is 0 Å². The molecule has 6 aromatic carbocycles. The van der Waals surface area contributed by atoms with Crippen molar-refractivity contribution in [2.24, 2.45) is 0 Å².